The second-order valence-corrected chi connectivity index (χ2v) is 9.31. The van der Waals surface area contributed by atoms with Crippen molar-refractivity contribution in [2.24, 2.45) is 40.2 Å². The van der Waals surface area contributed by atoms with Gasteiger partial charge in [-0.05, 0) is 78.8 Å². The van der Waals surface area contributed by atoms with Gasteiger partial charge in [-0.25, -0.2) is 0 Å². The van der Waals surface area contributed by atoms with Crippen molar-refractivity contribution >= 4 is 5.97 Å². The maximum Gasteiger partial charge on any atom is 0.302 e. The Kier molecular flexibility index (Phi) is 3.84. The number of hydrogen-bond donors (Lipinski definition) is 2. The van der Waals surface area contributed by atoms with E-state index in [2.05, 4.69) is 26.0 Å². The number of carbonyl (C=O) groups excluding carboxylic acids is 1. The first-order valence-corrected chi connectivity index (χ1v) is 9.78. The molecular formula is C21H31NO3. The van der Waals surface area contributed by atoms with Crippen molar-refractivity contribution < 1.29 is 14.6 Å². The minimum atomic E-state index is -0.217. The molecule has 4 aliphatic rings. The second kappa shape index (κ2) is 5.60. The van der Waals surface area contributed by atoms with Crippen molar-refractivity contribution in [2.75, 3.05) is 0 Å². The average molecular weight is 345 g/mol. The Morgan fingerprint density at radius 3 is 2.76 bits per heavy atom. The third kappa shape index (κ3) is 2.40. The number of esters is 1. The van der Waals surface area contributed by atoms with E-state index in [1.807, 2.05) is 6.08 Å². The molecule has 1 unspecified atom stereocenters. The van der Waals surface area contributed by atoms with Gasteiger partial charge in [0.15, 0.2) is 0 Å². The van der Waals surface area contributed by atoms with E-state index in [4.69, 9.17) is 10.5 Å². The Morgan fingerprint density at radius 2 is 2.04 bits per heavy atom. The highest BCUT2D eigenvalue weighted by atomic mass is 16.5. The average Bonchev–Trinajstić information content (AvgIpc) is 2.79. The summed E-state index contributed by atoms with van der Waals surface area (Å²) in [6.45, 7) is 6.17. The van der Waals surface area contributed by atoms with Crippen molar-refractivity contribution in [3.05, 3.63) is 24.0 Å². The van der Waals surface area contributed by atoms with E-state index in [9.17, 15) is 9.90 Å². The summed E-state index contributed by atoms with van der Waals surface area (Å²) in [6, 6.07) is -0.0567. The zero-order valence-corrected chi connectivity index (χ0v) is 15.6. The number of aliphatic hydroxyl groups is 1. The number of hydrogen-bond acceptors (Lipinski definition) is 4. The van der Waals surface area contributed by atoms with E-state index in [1.54, 1.807) is 0 Å². The molecule has 3 saturated carbocycles. The Labute approximate surface area is 150 Å². The summed E-state index contributed by atoms with van der Waals surface area (Å²) in [5.41, 5.74) is 6.78. The fraction of sp³-hybridized carbons (Fsp3) is 0.762. The molecule has 4 aliphatic carbocycles. The second-order valence-electron chi connectivity index (χ2n) is 9.31. The molecule has 25 heavy (non-hydrogen) atoms. The molecule has 3 fully saturated rings. The summed E-state index contributed by atoms with van der Waals surface area (Å²) in [7, 11) is 0. The summed E-state index contributed by atoms with van der Waals surface area (Å²) in [5.74, 6) is 2.40. The fourth-order valence-corrected chi connectivity index (χ4v) is 6.82. The van der Waals surface area contributed by atoms with Crippen LogP contribution in [0.3, 0.4) is 0 Å². The normalized spacial score (nSPS) is 51.1. The lowest BCUT2D eigenvalue weighted by Gasteiger charge is -2.58. The van der Waals surface area contributed by atoms with Crippen LogP contribution in [0, 0.1) is 34.5 Å². The van der Waals surface area contributed by atoms with Crippen LogP contribution >= 0.6 is 0 Å². The van der Waals surface area contributed by atoms with E-state index < -0.39 is 0 Å². The van der Waals surface area contributed by atoms with Gasteiger partial charge in [-0.3, -0.25) is 4.79 Å². The topological polar surface area (TPSA) is 72.5 Å². The molecule has 0 amide bonds. The number of aliphatic hydroxyl groups excluding tert-OH is 1. The van der Waals surface area contributed by atoms with Crippen LogP contribution in [0.4, 0.5) is 0 Å². The van der Waals surface area contributed by atoms with Crippen molar-refractivity contribution in [1.29, 1.82) is 0 Å². The molecule has 138 valence electrons. The maximum absolute atomic E-state index is 11.5. The van der Waals surface area contributed by atoms with E-state index >= 15 is 0 Å². The highest BCUT2D eigenvalue weighted by Gasteiger charge is 2.61. The molecule has 0 bridgehead atoms. The summed E-state index contributed by atoms with van der Waals surface area (Å²) >= 11 is 0. The van der Waals surface area contributed by atoms with Gasteiger partial charge < -0.3 is 15.6 Å². The SMILES string of the molecule is CC(=O)O[C@@H]1C[C@H]2[C@@H]3CCC4C=C(O)C=C[C@]4(C)[C@H]3CC[C@]2(C)[C@H]1N. The van der Waals surface area contributed by atoms with E-state index in [0.717, 1.165) is 19.3 Å². The number of nitrogens with two attached hydrogens (primary N) is 1. The maximum atomic E-state index is 11.5. The molecule has 0 aliphatic heterocycles. The van der Waals surface area contributed by atoms with E-state index in [1.165, 1.54) is 19.8 Å². The molecule has 0 radical (unpaired) electrons. The molecule has 0 aromatic carbocycles. The molecule has 0 spiro atoms. The van der Waals surface area contributed by atoms with Gasteiger partial charge in [-0.2, -0.15) is 0 Å². The Morgan fingerprint density at radius 1 is 1.28 bits per heavy atom. The summed E-state index contributed by atoms with van der Waals surface area (Å²) < 4.78 is 5.59. The Bertz CT molecular complexity index is 641. The molecular weight excluding hydrogens is 314 g/mol. The molecule has 0 aromatic rings. The first kappa shape index (κ1) is 17.1. The van der Waals surface area contributed by atoms with Crippen LogP contribution in [0.15, 0.2) is 24.0 Å². The molecule has 4 rings (SSSR count). The molecule has 3 N–H and O–H groups in total. The van der Waals surface area contributed by atoms with Crippen LogP contribution in [-0.2, 0) is 9.53 Å². The van der Waals surface area contributed by atoms with Crippen LogP contribution in [0.2, 0.25) is 0 Å². The largest absolute Gasteiger partial charge is 0.508 e. The molecule has 4 heteroatoms. The Hall–Kier alpha value is -1.29. The summed E-state index contributed by atoms with van der Waals surface area (Å²) in [6.07, 6.45) is 11.5. The predicted octanol–water partition coefficient (Wildman–Crippen LogP) is 3.73. The number of allylic oxidation sites excluding steroid dienone is 3. The van der Waals surface area contributed by atoms with Crippen LogP contribution in [-0.4, -0.2) is 23.2 Å². The van der Waals surface area contributed by atoms with Crippen LogP contribution < -0.4 is 5.73 Å². The zero-order chi connectivity index (χ0) is 18.0. The van der Waals surface area contributed by atoms with Crippen molar-refractivity contribution in [2.45, 2.75) is 65.0 Å². The predicted molar refractivity (Wildman–Crippen MR) is 96.6 cm³/mol. The summed E-state index contributed by atoms with van der Waals surface area (Å²) in [5, 5.41) is 9.91. The van der Waals surface area contributed by atoms with E-state index in [-0.39, 0.29) is 28.9 Å². The quantitative estimate of drug-likeness (QED) is 0.710. The van der Waals surface area contributed by atoms with Crippen molar-refractivity contribution in [3.8, 4) is 0 Å². The standard InChI is InChI=1S/C21H31NO3/c1-12(23)25-18-11-17-15-5-4-13-10-14(24)6-8-20(13,2)16(15)7-9-21(17,3)19(18)22/h6,8,10,13,15-19,24H,4-5,7,9,11,22H2,1-3H3/t13?,15-,16+,17+,18-,19+,20+,21+/m1/s1. The number of rotatable bonds is 1. The van der Waals surface area contributed by atoms with E-state index in [0.29, 0.717) is 29.4 Å². The van der Waals surface area contributed by atoms with Gasteiger partial charge in [0.1, 0.15) is 11.9 Å². The summed E-state index contributed by atoms with van der Waals surface area (Å²) in [4.78, 5) is 11.5. The minimum Gasteiger partial charge on any atom is -0.508 e. The van der Waals surface area contributed by atoms with Gasteiger partial charge in [-0.1, -0.05) is 19.9 Å². The molecule has 0 aromatic heterocycles. The van der Waals surface area contributed by atoms with Crippen LogP contribution in [0.25, 0.3) is 0 Å². The lowest BCUT2D eigenvalue weighted by molar-refractivity contribution is -0.147. The minimum absolute atomic E-state index is 0.0567. The highest BCUT2D eigenvalue weighted by Crippen LogP contribution is 2.64. The first-order valence-electron chi connectivity index (χ1n) is 9.78. The first-order chi connectivity index (χ1) is 11.8. The zero-order valence-electron chi connectivity index (χ0n) is 15.6. The van der Waals surface area contributed by atoms with Gasteiger partial charge in [0, 0.05) is 13.0 Å². The van der Waals surface area contributed by atoms with Gasteiger partial charge in [-0.15, -0.1) is 0 Å². The van der Waals surface area contributed by atoms with Gasteiger partial charge in [0.05, 0.1) is 0 Å². The smallest absolute Gasteiger partial charge is 0.302 e. The fourth-order valence-electron chi connectivity index (χ4n) is 6.82. The monoisotopic (exact) mass is 345 g/mol. The Balaban J connectivity index is 1.63. The molecule has 0 saturated heterocycles. The third-order valence-corrected chi connectivity index (χ3v) is 8.23. The van der Waals surface area contributed by atoms with Crippen LogP contribution in [0.1, 0.15) is 52.9 Å². The number of carbonyl (C=O) groups is 1. The van der Waals surface area contributed by atoms with Gasteiger partial charge >= 0.3 is 5.97 Å². The number of ether oxygens (including phenoxy) is 1. The van der Waals surface area contributed by atoms with Gasteiger partial charge in [0.2, 0.25) is 0 Å². The van der Waals surface area contributed by atoms with Crippen LogP contribution in [0.5, 0.6) is 0 Å². The lowest BCUT2D eigenvalue weighted by atomic mass is 9.47. The highest BCUT2D eigenvalue weighted by molar-refractivity contribution is 5.66. The van der Waals surface area contributed by atoms with Gasteiger partial charge in [0.25, 0.3) is 0 Å². The van der Waals surface area contributed by atoms with Crippen molar-refractivity contribution in [3.63, 3.8) is 0 Å². The molecule has 8 atom stereocenters. The molecule has 4 nitrogen and oxygen atoms in total. The molecule has 0 heterocycles. The van der Waals surface area contributed by atoms with Crippen molar-refractivity contribution in [1.82, 2.24) is 0 Å². The lowest BCUT2D eigenvalue weighted by Crippen LogP contribution is -2.54. The number of fused-ring (bicyclic) bond motifs is 5. The third-order valence-electron chi connectivity index (χ3n) is 8.23.